The zero-order valence-corrected chi connectivity index (χ0v) is 26.6. The molecule has 0 spiro atoms. The van der Waals surface area contributed by atoms with Crippen LogP contribution >= 0.6 is 23.2 Å². The number of benzene rings is 1. The van der Waals surface area contributed by atoms with Crippen LogP contribution in [0, 0.1) is 0 Å². The molecule has 6 rings (SSSR count). The van der Waals surface area contributed by atoms with E-state index in [0.29, 0.717) is 33.5 Å². The third-order valence-electron chi connectivity index (χ3n) is 9.24. The predicted molar refractivity (Wildman–Crippen MR) is 176 cm³/mol. The number of aromatic nitrogens is 1. The number of nitrogens with zero attached hydrogens (tertiary/aromatic N) is 4. The first-order chi connectivity index (χ1) is 21.3. The number of pyridine rings is 1. The molecule has 1 saturated carbocycles. The lowest BCUT2D eigenvalue weighted by molar-refractivity contribution is -0.127. The van der Waals surface area contributed by atoms with E-state index in [9.17, 15) is 14.4 Å². The molecular weight excluding hydrogens is 601 g/mol. The number of nitrogens with one attached hydrogen (secondary N) is 3. The highest BCUT2D eigenvalue weighted by Crippen LogP contribution is 2.34. The van der Waals surface area contributed by atoms with E-state index in [1.54, 1.807) is 19.3 Å². The summed E-state index contributed by atoms with van der Waals surface area (Å²) in [6.45, 7) is 6.42. The summed E-state index contributed by atoms with van der Waals surface area (Å²) in [5.74, 6) is 0.721. The van der Waals surface area contributed by atoms with Gasteiger partial charge in [-0.05, 0) is 55.9 Å². The number of carbonyl (C=O) groups is 1. The molecule has 0 unspecified atom stereocenters. The van der Waals surface area contributed by atoms with Gasteiger partial charge >= 0.3 is 0 Å². The SMILES string of the molecule is CC[C@H]1CN(c2ncc(Nc3c(NC4CC4)c(=O)c3=O)cc2Cl)CCN1C1CCN([C@@H](C(=O)NC)c2ccc(Cl)cc2)CC1. The molecule has 1 amide bonds. The number of hydrogen-bond donors (Lipinski definition) is 3. The van der Waals surface area contributed by atoms with Crippen molar-refractivity contribution in [2.75, 3.05) is 55.3 Å². The molecule has 1 aliphatic carbocycles. The van der Waals surface area contributed by atoms with Gasteiger partial charge in [-0.2, -0.15) is 0 Å². The highest BCUT2D eigenvalue weighted by atomic mass is 35.5. The molecule has 234 valence electrons. The molecule has 3 aliphatic rings. The van der Waals surface area contributed by atoms with Crippen molar-refractivity contribution in [1.29, 1.82) is 0 Å². The quantitative estimate of drug-likeness (QED) is 0.282. The lowest BCUT2D eigenvalue weighted by Gasteiger charge is -2.48. The zero-order valence-electron chi connectivity index (χ0n) is 25.1. The Morgan fingerprint density at radius 2 is 1.70 bits per heavy atom. The molecule has 2 atom stereocenters. The normalized spacial score (nSPS) is 20.9. The van der Waals surface area contributed by atoms with E-state index in [0.717, 1.165) is 76.2 Å². The van der Waals surface area contributed by atoms with Crippen LogP contribution in [0.1, 0.15) is 50.6 Å². The molecule has 12 heteroatoms. The smallest absolute Gasteiger partial charge is 0.253 e. The Hall–Kier alpha value is -3.18. The lowest BCUT2D eigenvalue weighted by Crippen LogP contribution is -2.59. The number of rotatable bonds is 10. The maximum atomic E-state index is 12.9. The summed E-state index contributed by atoms with van der Waals surface area (Å²) in [4.78, 5) is 48.9. The summed E-state index contributed by atoms with van der Waals surface area (Å²) in [5.41, 5.74) is 1.19. The maximum absolute atomic E-state index is 12.9. The number of hydrogen-bond acceptors (Lipinski definition) is 9. The van der Waals surface area contributed by atoms with Crippen molar-refractivity contribution in [1.82, 2.24) is 20.1 Å². The minimum atomic E-state index is -0.518. The van der Waals surface area contributed by atoms with E-state index in [1.165, 1.54) is 0 Å². The van der Waals surface area contributed by atoms with Gasteiger partial charge in [0, 0.05) is 62.9 Å². The lowest BCUT2D eigenvalue weighted by atomic mass is 9.95. The van der Waals surface area contributed by atoms with E-state index < -0.39 is 10.9 Å². The number of likely N-dealkylation sites (N-methyl/N-ethyl adjacent to an activating group) is 1. The molecule has 2 saturated heterocycles. The van der Waals surface area contributed by atoms with Gasteiger partial charge in [-0.1, -0.05) is 42.3 Å². The highest BCUT2D eigenvalue weighted by Gasteiger charge is 2.37. The van der Waals surface area contributed by atoms with Crippen molar-refractivity contribution in [2.45, 2.75) is 63.2 Å². The molecule has 2 aliphatic heterocycles. The van der Waals surface area contributed by atoms with Gasteiger partial charge in [0.2, 0.25) is 5.91 Å². The van der Waals surface area contributed by atoms with Crippen molar-refractivity contribution in [3.05, 3.63) is 72.6 Å². The van der Waals surface area contributed by atoms with E-state index in [-0.39, 0.29) is 23.7 Å². The van der Waals surface area contributed by atoms with Crippen LogP contribution in [0.3, 0.4) is 0 Å². The van der Waals surface area contributed by atoms with Crippen LogP contribution in [-0.4, -0.2) is 78.6 Å². The van der Waals surface area contributed by atoms with Gasteiger partial charge in [0.05, 0.1) is 16.9 Å². The van der Waals surface area contributed by atoms with Crippen molar-refractivity contribution in [3.63, 3.8) is 0 Å². The van der Waals surface area contributed by atoms with Crippen LogP contribution < -0.4 is 31.7 Å². The predicted octanol–water partition coefficient (Wildman–Crippen LogP) is 4.15. The fraction of sp³-hybridized carbons (Fsp3) is 0.500. The fourth-order valence-electron chi connectivity index (χ4n) is 6.65. The van der Waals surface area contributed by atoms with Crippen LogP contribution in [0.15, 0.2) is 46.1 Å². The molecule has 10 nitrogen and oxygen atoms in total. The third kappa shape index (κ3) is 6.31. The maximum Gasteiger partial charge on any atom is 0.253 e. The van der Waals surface area contributed by atoms with Crippen molar-refractivity contribution in [2.24, 2.45) is 0 Å². The van der Waals surface area contributed by atoms with Crippen LogP contribution in [-0.2, 0) is 4.79 Å². The summed E-state index contributed by atoms with van der Waals surface area (Å²) in [7, 11) is 1.69. The van der Waals surface area contributed by atoms with Crippen molar-refractivity contribution < 1.29 is 4.79 Å². The number of piperazine rings is 1. The molecule has 3 aromatic rings. The third-order valence-corrected chi connectivity index (χ3v) is 9.77. The Morgan fingerprint density at radius 3 is 2.34 bits per heavy atom. The monoisotopic (exact) mass is 639 g/mol. The molecule has 2 aromatic carbocycles. The molecule has 44 heavy (non-hydrogen) atoms. The van der Waals surface area contributed by atoms with Crippen LogP contribution in [0.5, 0.6) is 0 Å². The Balaban J connectivity index is 1.08. The largest absolute Gasteiger partial charge is 0.377 e. The van der Waals surface area contributed by atoms with E-state index >= 15 is 0 Å². The second-order valence-corrected chi connectivity index (χ2v) is 12.9. The van der Waals surface area contributed by atoms with E-state index in [2.05, 4.69) is 42.6 Å². The van der Waals surface area contributed by atoms with Gasteiger partial charge in [-0.15, -0.1) is 0 Å². The van der Waals surface area contributed by atoms with E-state index in [4.69, 9.17) is 23.2 Å². The summed E-state index contributed by atoms with van der Waals surface area (Å²) < 4.78 is 0. The number of halogens is 2. The molecule has 3 N–H and O–H groups in total. The number of amides is 1. The molecular formula is C32H39Cl2N7O3. The summed E-state index contributed by atoms with van der Waals surface area (Å²) in [5, 5.41) is 10.2. The first-order valence-electron chi connectivity index (χ1n) is 15.5. The van der Waals surface area contributed by atoms with Crippen LogP contribution in [0.2, 0.25) is 10.0 Å². The van der Waals surface area contributed by atoms with Gasteiger partial charge in [0.15, 0.2) is 0 Å². The Morgan fingerprint density at radius 1 is 1.00 bits per heavy atom. The summed E-state index contributed by atoms with van der Waals surface area (Å²) in [6, 6.07) is 10.1. The second-order valence-electron chi connectivity index (χ2n) is 12.1. The standard InChI is InChI=1S/C32H39Cl2N7O3/c1-3-23-18-40(31-25(34)16-22(17-36-31)38-27-26(29(42)30(27)43)37-21-8-9-21)14-15-41(23)24-10-12-39(13-11-24)28(32(44)35-2)19-4-6-20(33)7-5-19/h4-7,16-17,21,23-24,28,37-38H,3,8-15,18H2,1-2H3,(H,35,44)/t23-,28+/m0/s1. The Labute approximate surface area is 267 Å². The minimum Gasteiger partial charge on any atom is -0.377 e. The average molecular weight is 641 g/mol. The fourth-order valence-corrected chi connectivity index (χ4v) is 7.06. The highest BCUT2D eigenvalue weighted by molar-refractivity contribution is 6.33. The van der Waals surface area contributed by atoms with Gasteiger partial charge < -0.3 is 20.9 Å². The minimum absolute atomic E-state index is 0.00344. The van der Waals surface area contributed by atoms with E-state index in [1.807, 2.05) is 24.3 Å². The number of carbonyl (C=O) groups excluding carboxylic acids is 1. The zero-order chi connectivity index (χ0) is 31.0. The van der Waals surface area contributed by atoms with Crippen LogP contribution in [0.4, 0.5) is 22.9 Å². The number of likely N-dealkylation sites (tertiary alicyclic amines) is 1. The van der Waals surface area contributed by atoms with Crippen molar-refractivity contribution >= 4 is 52.0 Å². The molecule has 1 aromatic heterocycles. The first-order valence-corrected chi connectivity index (χ1v) is 16.3. The second kappa shape index (κ2) is 13.0. The van der Waals surface area contributed by atoms with Crippen molar-refractivity contribution in [3.8, 4) is 0 Å². The topological polar surface area (TPSA) is 110 Å². The number of piperidine rings is 1. The molecule has 0 bridgehead atoms. The van der Waals surface area contributed by atoms with Gasteiger partial charge in [0.25, 0.3) is 10.9 Å². The van der Waals surface area contributed by atoms with Gasteiger partial charge in [-0.25, -0.2) is 4.98 Å². The summed E-state index contributed by atoms with van der Waals surface area (Å²) in [6.07, 6.45) is 6.67. The van der Waals surface area contributed by atoms with Crippen LogP contribution in [0.25, 0.3) is 0 Å². The Bertz CT molecular complexity index is 1560. The molecule has 3 fully saturated rings. The van der Waals surface area contributed by atoms with Gasteiger partial charge in [-0.3, -0.25) is 24.2 Å². The average Bonchev–Trinajstić information content (AvgIpc) is 3.88. The Kier molecular flexibility index (Phi) is 9.14. The molecule has 3 heterocycles. The molecule has 0 radical (unpaired) electrons. The first kappa shape index (κ1) is 30.8. The summed E-state index contributed by atoms with van der Waals surface area (Å²) >= 11 is 12.8. The van der Waals surface area contributed by atoms with Gasteiger partial charge in [0.1, 0.15) is 23.2 Å². The number of anilines is 4.